The molecule has 0 saturated carbocycles. The summed E-state index contributed by atoms with van der Waals surface area (Å²) in [5, 5.41) is 14.9. The van der Waals surface area contributed by atoms with Gasteiger partial charge in [-0.05, 0) is 24.5 Å². The molecule has 1 aromatic rings. The Morgan fingerprint density at radius 3 is 3.10 bits per heavy atom. The van der Waals surface area contributed by atoms with Gasteiger partial charge >= 0.3 is 0 Å². The molecule has 8 heteroatoms. The normalized spacial score (nSPS) is 22.6. The first-order valence-corrected chi connectivity index (χ1v) is 8.19. The van der Waals surface area contributed by atoms with Gasteiger partial charge in [-0.1, -0.05) is 11.2 Å². The summed E-state index contributed by atoms with van der Waals surface area (Å²) in [5.74, 6) is 0.373. The Balaban J connectivity index is 2.04. The first-order valence-electron chi connectivity index (χ1n) is 6.37. The number of hydrogen-bond acceptors (Lipinski definition) is 6. The third-order valence-electron chi connectivity index (χ3n) is 3.29. The van der Waals surface area contributed by atoms with Crippen molar-refractivity contribution >= 4 is 15.7 Å². The third kappa shape index (κ3) is 3.67. The smallest absolute Gasteiger partial charge is 0.189 e. The quantitative estimate of drug-likeness (QED) is 0.308. The highest BCUT2D eigenvalue weighted by atomic mass is 32.2. The summed E-state index contributed by atoms with van der Waals surface area (Å²) in [6.07, 6.45) is 3.07. The van der Waals surface area contributed by atoms with E-state index in [4.69, 9.17) is 10.9 Å². The summed E-state index contributed by atoms with van der Waals surface area (Å²) in [5.41, 5.74) is 6.73. The average Bonchev–Trinajstić information content (AvgIpc) is 2.43. The molecule has 1 fully saturated rings. The molecule has 1 aliphatic rings. The zero-order chi connectivity index (χ0) is 14.6. The van der Waals surface area contributed by atoms with E-state index in [1.165, 1.54) is 0 Å². The van der Waals surface area contributed by atoms with E-state index in [1.807, 2.05) is 6.07 Å². The summed E-state index contributed by atoms with van der Waals surface area (Å²) < 4.78 is 23.1. The molecule has 110 valence electrons. The van der Waals surface area contributed by atoms with Crippen molar-refractivity contribution in [1.29, 1.82) is 0 Å². The van der Waals surface area contributed by atoms with E-state index in [9.17, 15) is 8.42 Å². The maximum Gasteiger partial charge on any atom is 0.189 e. The molecule has 1 aromatic heterocycles. The van der Waals surface area contributed by atoms with E-state index in [0.29, 0.717) is 18.7 Å². The van der Waals surface area contributed by atoms with Crippen LogP contribution in [0.1, 0.15) is 24.1 Å². The van der Waals surface area contributed by atoms with Crippen LogP contribution >= 0.6 is 0 Å². The number of pyridine rings is 1. The largest absolute Gasteiger partial charge is 0.409 e. The Morgan fingerprint density at radius 1 is 1.60 bits per heavy atom. The minimum absolute atomic E-state index is 0.0568. The number of nitrogens with two attached hydrogens (primary N) is 1. The lowest BCUT2D eigenvalue weighted by molar-refractivity contribution is 0.318. The molecule has 1 saturated heterocycles. The molecule has 2 heterocycles. The standard InChI is InChI=1S/C12H18N4O3S/c13-12(16-17)11-9(3-1-5-14-11)7-15-10-4-2-6-20(18,19)8-10/h1,3,5,10,15,17H,2,4,6-8H2,(H2,13,16). The van der Waals surface area contributed by atoms with Gasteiger partial charge in [-0.2, -0.15) is 0 Å². The van der Waals surface area contributed by atoms with Gasteiger partial charge in [-0.15, -0.1) is 0 Å². The van der Waals surface area contributed by atoms with Crippen LogP contribution in [0.4, 0.5) is 0 Å². The molecule has 0 spiro atoms. The summed E-state index contributed by atoms with van der Waals surface area (Å²) in [4.78, 5) is 4.07. The number of hydrogen-bond donors (Lipinski definition) is 3. The van der Waals surface area contributed by atoms with Crippen LogP contribution in [-0.2, 0) is 16.4 Å². The SMILES string of the molecule is NC(=NO)c1ncccc1CNC1CCCS(=O)(=O)C1. The van der Waals surface area contributed by atoms with E-state index in [-0.39, 0.29) is 23.4 Å². The second kappa shape index (κ2) is 6.19. The molecule has 2 rings (SSSR count). The van der Waals surface area contributed by atoms with Gasteiger partial charge in [0.05, 0.1) is 11.5 Å². The van der Waals surface area contributed by atoms with E-state index in [0.717, 1.165) is 12.0 Å². The highest BCUT2D eigenvalue weighted by molar-refractivity contribution is 7.91. The monoisotopic (exact) mass is 298 g/mol. The van der Waals surface area contributed by atoms with Crippen molar-refractivity contribution in [2.75, 3.05) is 11.5 Å². The number of rotatable bonds is 4. The molecule has 1 unspecified atom stereocenters. The minimum atomic E-state index is -2.93. The summed E-state index contributed by atoms with van der Waals surface area (Å²) in [7, 11) is -2.93. The molecule has 1 atom stereocenters. The molecule has 7 nitrogen and oxygen atoms in total. The van der Waals surface area contributed by atoms with Crippen LogP contribution in [0.15, 0.2) is 23.5 Å². The van der Waals surface area contributed by atoms with E-state index < -0.39 is 9.84 Å². The van der Waals surface area contributed by atoms with Gasteiger partial charge < -0.3 is 16.3 Å². The van der Waals surface area contributed by atoms with Crippen molar-refractivity contribution < 1.29 is 13.6 Å². The maximum atomic E-state index is 11.6. The van der Waals surface area contributed by atoms with Crippen molar-refractivity contribution in [3.05, 3.63) is 29.6 Å². The third-order valence-corrected chi connectivity index (χ3v) is 5.11. The Labute approximate surface area is 117 Å². The fourth-order valence-corrected chi connectivity index (χ4v) is 3.97. The molecule has 0 aromatic carbocycles. The molecule has 0 amide bonds. The predicted molar refractivity (Wildman–Crippen MR) is 75.3 cm³/mol. The van der Waals surface area contributed by atoms with Crippen LogP contribution in [0, 0.1) is 0 Å². The lowest BCUT2D eigenvalue weighted by Crippen LogP contribution is -2.40. The van der Waals surface area contributed by atoms with Gasteiger partial charge in [-0.25, -0.2) is 8.42 Å². The molecule has 4 N–H and O–H groups in total. The molecular weight excluding hydrogens is 280 g/mol. The van der Waals surface area contributed by atoms with Crippen LogP contribution in [0.3, 0.4) is 0 Å². The van der Waals surface area contributed by atoms with Gasteiger partial charge in [-0.3, -0.25) is 4.98 Å². The number of nitrogens with one attached hydrogen (secondary N) is 1. The van der Waals surface area contributed by atoms with Crippen LogP contribution < -0.4 is 11.1 Å². The van der Waals surface area contributed by atoms with Crippen LogP contribution in [0.5, 0.6) is 0 Å². The topological polar surface area (TPSA) is 118 Å². The summed E-state index contributed by atoms with van der Waals surface area (Å²) in [6.45, 7) is 0.430. The minimum Gasteiger partial charge on any atom is -0.409 e. The number of oxime groups is 1. The number of nitrogens with zero attached hydrogens (tertiary/aromatic N) is 2. The fraction of sp³-hybridized carbons (Fsp3) is 0.500. The second-order valence-electron chi connectivity index (χ2n) is 4.83. The van der Waals surface area contributed by atoms with Crippen LogP contribution in [0.25, 0.3) is 0 Å². The zero-order valence-electron chi connectivity index (χ0n) is 11.0. The lowest BCUT2D eigenvalue weighted by atomic mass is 10.1. The molecule has 0 radical (unpaired) electrons. The van der Waals surface area contributed by atoms with E-state index >= 15 is 0 Å². The Bertz CT molecular complexity index is 600. The number of aromatic nitrogens is 1. The first-order chi connectivity index (χ1) is 9.52. The van der Waals surface area contributed by atoms with Crippen molar-refractivity contribution in [1.82, 2.24) is 10.3 Å². The first kappa shape index (κ1) is 14.7. The van der Waals surface area contributed by atoms with Gasteiger partial charge in [0.1, 0.15) is 5.69 Å². The van der Waals surface area contributed by atoms with Crippen molar-refractivity contribution in [3.63, 3.8) is 0 Å². The molecular formula is C12H18N4O3S. The number of sulfone groups is 1. The van der Waals surface area contributed by atoms with Crippen molar-refractivity contribution in [2.45, 2.75) is 25.4 Å². The Kier molecular flexibility index (Phi) is 4.56. The Morgan fingerprint density at radius 2 is 2.40 bits per heavy atom. The Hall–Kier alpha value is -1.67. The fourth-order valence-electron chi connectivity index (χ4n) is 2.30. The maximum absolute atomic E-state index is 11.6. The molecule has 0 aliphatic carbocycles. The molecule has 20 heavy (non-hydrogen) atoms. The van der Waals surface area contributed by atoms with E-state index in [2.05, 4.69) is 15.5 Å². The highest BCUT2D eigenvalue weighted by Gasteiger charge is 2.24. The highest BCUT2D eigenvalue weighted by Crippen LogP contribution is 2.13. The zero-order valence-corrected chi connectivity index (χ0v) is 11.8. The van der Waals surface area contributed by atoms with Gasteiger partial charge in [0.25, 0.3) is 0 Å². The van der Waals surface area contributed by atoms with Crippen LogP contribution in [0.2, 0.25) is 0 Å². The average molecular weight is 298 g/mol. The van der Waals surface area contributed by atoms with Gasteiger partial charge in [0.2, 0.25) is 0 Å². The lowest BCUT2D eigenvalue weighted by Gasteiger charge is -2.23. The molecule has 0 bridgehead atoms. The van der Waals surface area contributed by atoms with Crippen molar-refractivity contribution in [2.24, 2.45) is 10.9 Å². The van der Waals surface area contributed by atoms with Crippen LogP contribution in [-0.4, -0.2) is 42.0 Å². The number of amidine groups is 1. The van der Waals surface area contributed by atoms with Gasteiger partial charge in [0.15, 0.2) is 15.7 Å². The van der Waals surface area contributed by atoms with E-state index in [1.54, 1.807) is 12.3 Å². The summed E-state index contributed by atoms with van der Waals surface area (Å²) >= 11 is 0. The molecule has 1 aliphatic heterocycles. The summed E-state index contributed by atoms with van der Waals surface area (Å²) in [6, 6.07) is 3.50. The predicted octanol–water partition coefficient (Wildman–Crippen LogP) is -0.157. The van der Waals surface area contributed by atoms with Crippen molar-refractivity contribution in [3.8, 4) is 0 Å². The second-order valence-corrected chi connectivity index (χ2v) is 7.06. The van der Waals surface area contributed by atoms with Gasteiger partial charge in [0, 0.05) is 18.8 Å².